The van der Waals surface area contributed by atoms with E-state index in [1.54, 1.807) is 29.9 Å². The van der Waals surface area contributed by atoms with Gasteiger partial charge < -0.3 is 5.32 Å². The number of amides is 3. The van der Waals surface area contributed by atoms with Crippen LogP contribution in [0.15, 0.2) is 30.3 Å². The summed E-state index contributed by atoms with van der Waals surface area (Å²) in [6, 6.07) is 9.02. The molecule has 4 rings (SSSR count). The monoisotopic (exact) mass is 419 g/mol. The van der Waals surface area contributed by atoms with Gasteiger partial charge in [-0.15, -0.1) is 0 Å². The summed E-state index contributed by atoms with van der Waals surface area (Å²) in [4.78, 5) is 41.7. The van der Waals surface area contributed by atoms with Crippen molar-refractivity contribution in [3.05, 3.63) is 52.8 Å². The number of benzene rings is 1. The molecule has 1 saturated heterocycles. The van der Waals surface area contributed by atoms with E-state index in [-0.39, 0.29) is 17.7 Å². The Hall–Kier alpha value is -3.55. The van der Waals surface area contributed by atoms with E-state index in [9.17, 15) is 14.4 Å². The highest BCUT2D eigenvalue weighted by Gasteiger charge is 2.42. The van der Waals surface area contributed by atoms with Crippen molar-refractivity contribution in [3.63, 3.8) is 0 Å². The number of imide groups is 1. The molecule has 3 heterocycles. The fourth-order valence-corrected chi connectivity index (χ4v) is 4.39. The highest BCUT2D eigenvalue weighted by molar-refractivity contribution is 6.12. The van der Waals surface area contributed by atoms with Crippen molar-refractivity contribution in [3.8, 4) is 0 Å². The summed E-state index contributed by atoms with van der Waals surface area (Å²) < 4.78 is 1.67. The lowest BCUT2D eigenvalue weighted by molar-refractivity contribution is -0.138. The Kier molecular flexibility index (Phi) is 5.08. The minimum atomic E-state index is -0.725. The summed E-state index contributed by atoms with van der Waals surface area (Å²) in [5, 5.41) is 10.5. The van der Waals surface area contributed by atoms with Crippen LogP contribution >= 0.6 is 0 Å². The van der Waals surface area contributed by atoms with Crippen LogP contribution in [-0.2, 0) is 22.1 Å². The normalized spacial score (nSPS) is 18.8. The van der Waals surface area contributed by atoms with Gasteiger partial charge in [0.2, 0.25) is 11.8 Å². The number of fused-ring (bicyclic) bond motifs is 1. The zero-order valence-electron chi connectivity index (χ0n) is 18.1. The zero-order chi connectivity index (χ0) is 22.3. The van der Waals surface area contributed by atoms with E-state index in [0.717, 1.165) is 22.3 Å². The van der Waals surface area contributed by atoms with E-state index in [2.05, 4.69) is 20.7 Å². The second kappa shape index (κ2) is 7.61. The number of hydrogen-bond donors (Lipinski definition) is 2. The lowest BCUT2D eigenvalue weighted by atomic mass is 9.72. The van der Waals surface area contributed by atoms with Crippen molar-refractivity contribution in [1.82, 2.24) is 20.1 Å². The van der Waals surface area contributed by atoms with Crippen LogP contribution in [0.1, 0.15) is 53.5 Å². The molecule has 0 saturated carbocycles. The van der Waals surface area contributed by atoms with Crippen molar-refractivity contribution >= 4 is 34.4 Å². The number of rotatable bonds is 4. The Morgan fingerprint density at radius 3 is 2.58 bits per heavy atom. The van der Waals surface area contributed by atoms with Crippen LogP contribution in [0.2, 0.25) is 0 Å². The molecule has 0 aliphatic carbocycles. The SMILES string of the molecule is CCC1(c2ccc(NC(=O)c3cc(C)nc4c3c(C)nn4C)cc2)CCC(=O)NC1=O. The fourth-order valence-electron chi connectivity index (χ4n) is 4.39. The Morgan fingerprint density at radius 2 is 1.94 bits per heavy atom. The highest BCUT2D eigenvalue weighted by atomic mass is 16.2. The van der Waals surface area contributed by atoms with Gasteiger partial charge in [-0.05, 0) is 50.5 Å². The summed E-state index contributed by atoms with van der Waals surface area (Å²) >= 11 is 0. The molecule has 1 fully saturated rings. The molecule has 0 spiro atoms. The average Bonchev–Trinajstić information content (AvgIpc) is 3.02. The molecule has 8 heteroatoms. The first-order valence-electron chi connectivity index (χ1n) is 10.3. The minimum absolute atomic E-state index is 0.234. The Bertz CT molecular complexity index is 1210. The molecule has 0 bridgehead atoms. The average molecular weight is 419 g/mol. The van der Waals surface area contributed by atoms with E-state index < -0.39 is 5.41 Å². The molecule has 1 aliphatic rings. The maximum atomic E-state index is 13.1. The number of carbonyl (C=O) groups is 3. The molecule has 2 aromatic heterocycles. The van der Waals surface area contributed by atoms with Crippen molar-refractivity contribution < 1.29 is 14.4 Å². The van der Waals surface area contributed by atoms with Gasteiger partial charge in [0.1, 0.15) is 0 Å². The standard InChI is InChI=1S/C23H25N5O3/c1-5-23(11-10-18(29)26-22(23)31)15-6-8-16(9-7-15)25-21(30)17-12-13(2)24-20-19(17)14(3)27-28(20)4/h6-9,12H,5,10-11H2,1-4H3,(H,25,30)(H,26,29,31). The Labute approximate surface area is 180 Å². The maximum Gasteiger partial charge on any atom is 0.256 e. The molecule has 1 aliphatic heterocycles. The quantitative estimate of drug-likeness (QED) is 0.633. The molecule has 2 N–H and O–H groups in total. The van der Waals surface area contributed by atoms with Gasteiger partial charge >= 0.3 is 0 Å². The summed E-state index contributed by atoms with van der Waals surface area (Å²) in [5.74, 6) is -0.738. The van der Waals surface area contributed by atoms with Gasteiger partial charge in [-0.2, -0.15) is 5.10 Å². The molecule has 1 aromatic carbocycles. The number of anilines is 1. The van der Waals surface area contributed by atoms with Crippen LogP contribution in [0.5, 0.6) is 0 Å². The molecular formula is C23H25N5O3. The van der Waals surface area contributed by atoms with Crippen LogP contribution in [-0.4, -0.2) is 32.5 Å². The third kappa shape index (κ3) is 3.48. The van der Waals surface area contributed by atoms with E-state index in [4.69, 9.17) is 0 Å². The third-order valence-corrected chi connectivity index (χ3v) is 6.11. The molecular weight excluding hydrogens is 394 g/mol. The van der Waals surface area contributed by atoms with Gasteiger partial charge in [0.15, 0.2) is 5.65 Å². The van der Waals surface area contributed by atoms with E-state index >= 15 is 0 Å². The van der Waals surface area contributed by atoms with Crippen molar-refractivity contribution in [2.24, 2.45) is 7.05 Å². The number of nitrogens with one attached hydrogen (secondary N) is 2. The van der Waals surface area contributed by atoms with Gasteiger partial charge in [-0.1, -0.05) is 19.1 Å². The topological polar surface area (TPSA) is 106 Å². The van der Waals surface area contributed by atoms with Crippen LogP contribution in [0.25, 0.3) is 11.0 Å². The van der Waals surface area contributed by atoms with Gasteiger partial charge in [-0.3, -0.25) is 24.4 Å². The molecule has 0 radical (unpaired) electrons. The summed E-state index contributed by atoms with van der Waals surface area (Å²) in [6.45, 7) is 5.64. The Morgan fingerprint density at radius 1 is 1.23 bits per heavy atom. The maximum absolute atomic E-state index is 13.1. The van der Waals surface area contributed by atoms with Gasteiger partial charge in [-0.25, -0.2) is 4.98 Å². The predicted molar refractivity (Wildman–Crippen MR) is 117 cm³/mol. The first-order valence-corrected chi connectivity index (χ1v) is 10.3. The third-order valence-electron chi connectivity index (χ3n) is 6.11. The van der Waals surface area contributed by atoms with Gasteiger partial charge in [0.05, 0.1) is 22.1 Å². The molecule has 1 atom stereocenters. The van der Waals surface area contributed by atoms with Crippen molar-refractivity contribution in [2.45, 2.75) is 45.4 Å². The largest absolute Gasteiger partial charge is 0.322 e. The van der Waals surface area contributed by atoms with Crippen LogP contribution in [0, 0.1) is 13.8 Å². The van der Waals surface area contributed by atoms with E-state index in [0.29, 0.717) is 36.2 Å². The lowest BCUT2D eigenvalue weighted by Gasteiger charge is -2.35. The number of carbonyl (C=O) groups excluding carboxylic acids is 3. The highest BCUT2D eigenvalue weighted by Crippen LogP contribution is 2.36. The zero-order valence-corrected chi connectivity index (χ0v) is 18.1. The molecule has 1 unspecified atom stereocenters. The number of pyridine rings is 1. The van der Waals surface area contributed by atoms with E-state index in [1.807, 2.05) is 32.9 Å². The molecule has 31 heavy (non-hydrogen) atoms. The second-order valence-corrected chi connectivity index (χ2v) is 8.06. The molecule has 3 aromatic rings. The molecule has 8 nitrogen and oxygen atoms in total. The predicted octanol–water partition coefficient (Wildman–Crippen LogP) is 2.92. The van der Waals surface area contributed by atoms with Crippen LogP contribution < -0.4 is 10.6 Å². The fraction of sp³-hybridized carbons (Fsp3) is 0.348. The second-order valence-electron chi connectivity index (χ2n) is 8.06. The smallest absolute Gasteiger partial charge is 0.256 e. The summed E-state index contributed by atoms with van der Waals surface area (Å²) in [6.07, 6.45) is 1.39. The van der Waals surface area contributed by atoms with Crippen LogP contribution in [0.4, 0.5) is 5.69 Å². The first kappa shape index (κ1) is 20.7. The van der Waals surface area contributed by atoms with Crippen molar-refractivity contribution in [1.29, 1.82) is 0 Å². The summed E-state index contributed by atoms with van der Waals surface area (Å²) in [7, 11) is 1.81. The van der Waals surface area contributed by atoms with E-state index in [1.165, 1.54) is 0 Å². The van der Waals surface area contributed by atoms with Crippen LogP contribution in [0.3, 0.4) is 0 Å². The minimum Gasteiger partial charge on any atom is -0.322 e. The molecule has 160 valence electrons. The van der Waals surface area contributed by atoms with Crippen molar-refractivity contribution in [2.75, 3.05) is 5.32 Å². The number of aryl methyl sites for hydroxylation is 3. The molecule has 3 amide bonds. The summed E-state index contributed by atoms with van der Waals surface area (Å²) in [5.41, 5.74) is 3.40. The number of aromatic nitrogens is 3. The number of piperidine rings is 1. The lowest BCUT2D eigenvalue weighted by Crippen LogP contribution is -2.51. The first-order chi connectivity index (χ1) is 14.7. The Balaban J connectivity index is 1.62. The van der Waals surface area contributed by atoms with Gasteiger partial charge in [0.25, 0.3) is 5.91 Å². The number of hydrogen-bond acceptors (Lipinski definition) is 5. The number of nitrogens with zero attached hydrogens (tertiary/aromatic N) is 3. The van der Waals surface area contributed by atoms with Gasteiger partial charge in [0, 0.05) is 24.8 Å².